The summed E-state index contributed by atoms with van der Waals surface area (Å²) in [6.07, 6.45) is 3.26. The Morgan fingerprint density at radius 2 is 1.55 bits per heavy atom. The Morgan fingerprint density at radius 1 is 0.931 bits per heavy atom. The largest absolute Gasteiger partial charge is 0.382 e. The molecule has 0 unspecified atom stereocenters. The molecule has 0 fully saturated rings. The van der Waals surface area contributed by atoms with Crippen LogP contribution in [0.4, 0.5) is 17.2 Å². The number of rotatable bonds is 4. The van der Waals surface area contributed by atoms with Gasteiger partial charge in [0.2, 0.25) is 0 Å². The highest BCUT2D eigenvalue weighted by molar-refractivity contribution is 6.09. The molecule has 144 valence electrons. The highest BCUT2D eigenvalue weighted by Gasteiger charge is 2.18. The van der Waals surface area contributed by atoms with Crippen LogP contribution in [0.5, 0.6) is 0 Å². The normalized spacial score (nSPS) is 10.7. The quantitative estimate of drug-likeness (QED) is 0.498. The summed E-state index contributed by atoms with van der Waals surface area (Å²) in [6.45, 7) is 1.79. The average molecular weight is 386 g/mol. The Labute approximate surface area is 166 Å². The third kappa shape index (κ3) is 3.63. The molecule has 29 heavy (non-hydrogen) atoms. The van der Waals surface area contributed by atoms with Gasteiger partial charge in [0.1, 0.15) is 17.2 Å². The maximum absolute atomic E-state index is 12.7. The third-order valence-electron chi connectivity index (χ3n) is 4.41. The molecule has 2 aromatic carbocycles. The molecule has 2 heterocycles. The van der Waals surface area contributed by atoms with Gasteiger partial charge in [-0.3, -0.25) is 14.0 Å². The van der Waals surface area contributed by atoms with E-state index in [9.17, 15) is 9.59 Å². The summed E-state index contributed by atoms with van der Waals surface area (Å²) in [4.78, 5) is 33.3. The lowest BCUT2D eigenvalue weighted by Crippen LogP contribution is -2.14. The van der Waals surface area contributed by atoms with Crippen LogP contribution in [0.15, 0.2) is 67.0 Å². The van der Waals surface area contributed by atoms with Crippen LogP contribution in [0.3, 0.4) is 0 Å². The predicted octanol–water partition coefficient (Wildman–Crippen LogP) is 3.12. The Balaban J connectivity index is 1.49. The maximum Gasteiger partial charge on any atom is 0.276 e. The number of carbonyl (C=O) groups is 2. The topological polar surface area (TPSA) is 114 Å². The average Bonchev–Trinajstić information content (AvgIpc) is 3.08. The number of aromatic nitrogens is 3. The molecular weight excluding hydrogens is 368 g/mol. The zero-order chi connectivity index (χ0) is 20.4. The van der Waals surface area contributed by atoms with Crippen LogP contribution in [-0.4, -0.2) is 26.2 Å². The lowest BCUT2D eigenvalue weighted by molar-refractivity contribution is 0.101. The van der Waals surface area contributed by atoms with E-state index in [1.807, 2.05) is 6.07 Å². The van der Waals surface area contributed by atoms with Crippen LogP contribution >= 0.6 is 0 Å². The number of amides is 2. The lowest BCUT2D eigenvalue weighted by Gasteiger charge is -2.08. The Bertz CT molecular complexity index is 1200. The number of anilines is 3. The first-order valence-corrected chi connectivity index (χ1v) is 8.90. The number of hydrogen-bond acceptors (Lipinski definition) is 5. The van der Waals surface area contributed by atoms with Gasteiger partial charge in [-0.05, 0) is 43.3 Å². The molecule has 8 nitrogen and oxygen atoms in total. The number of fused-ring (bicyclic) bond motifs is 1. The molecule has 2 aromatic heterocycles. The number of imidazole rings is 1. The van der Waals surface area contributed by atoms with Crippen molar-refractivity contribution in [3.8, 4) is 0 Å². The Hall–Kier alpha value is -4.20. The van der Waals surface area contributed by atoms with Gasteiger partial charge in [-0.2, -0.15) is 0 Å². The fraction of sp³-hybridized carbons (Fsp3) is 0.0476. The zero-order valence-electron chi connectivity index (χ0n) is 15.6. The molecule has 0 atom stereocenters. The number of nitrogens with one attached hydrogen (secondary N) is 2. The van der Waals surface area contributed by atoms with E-state index in [0.717, 1.165) is 0 Å². The van der Waals surface area contributed by atoms with Crippen LogP contribution in [0, 0.1) is 6.92 Å². The summed E-state index contributed by atoms with van der Waals surface area (Å²) in [5.74, 6) is 0.275. The molecule has 4 N–H and O–H groups in total. The number of benzene rings is 2. The molecule has 0 saturated heterocycles. The number of nitrogens with zero attached hydrogens (tertiary/aromatic N) is 3. The fourth-order valence-corrected chi connectivity index (χ4v) is 2.99. The van der Waals surface area contributed by atoms with Gasteiger partial charge in [-0.1, -0.05) is 18.2 Å². The second-order valence-electron chi connectivity index (χ2n) is 6.39. The molecule has 2 amide bonds. The molecule has 0 bridgehead atoms. The zero-order valence-corrected chi connectivity index (χ0v) is 15.6. The monoisotopic (exact) mass is 386 g/mol. The Morgan fingerprint density at radius 3 is 2.21 bits per heavy atom. The molecule has 8 heteroatoms. The summed E-state index contributed by atoms with van der Waals surface area (Å²) in [5.41, 5.74) is 8.34. The molecule has 0 aliphatic carbocycles. The van der Waals surface area contributed by atoms with E-state index in [1.54, 1.807) is 72.2 Å². The smallest absolute Gasteiger partial charge is 0.276 e. The minimum Gasteiger partial charge on any atom is -0.382 e. The molecular formula is C21H18N6O2. The third-order valence-corrected chi connectivity index (χ3v) is 4.41. The van der Waals surface area contributed by atoms with E-state index >= 15 is 0 Å². The minimum atomic E-state index is -0.392. The van der Waals surface area contributed by atoms with Crippen molar-refractivity contribution >= 4 is 34.5 Å². The van der Waals surface area contributed by atoms with E-state index in [-0.39, 0.29) is 17.4 Å². The second kappa shape index (κ2) is 7.43. The van der Waals surface area contributed by atoms with Crippen molar-refractivity contribution in [3.63, 3.8) is 0 Å². The van der Waals surface area contributed by atoms with Gasteiger partial charge in [0.25, 0.3) is 11.8 Å². The van der Waals surface area contributed by atoms with Crippen molar-refractivity contribution in [1.29, 1.82) is 0 Å². The van der Waals surface area contributed by atoms with Gasteiger partial charge in [0.15, 0.2) is 5.69 Å². The summed E-state index contributed by atoms with van der Waals surface area (Å²) in [6, 6.07) is 15.8. The molecule has 4 rings (SSSR count). The molecule has 0 aliphatic heterocycles. The van der Waals surface area contributed by atoms with Gasteiger partial charge in [0.05, 0.1) is 0 Å². The first-order valence-electron chi connectivity index (χ1n) is 8.90. The predicted molar refractivity (Wildman–Crippen MR) is 111 cm³/mol. The van der Waals surface area contributed by atoms with Crippen LogP contribution in [0.1, 0.15) is 26.7 Å². The Kier molecular flexibility index (Phi) is 4.66. The summed E-state index contributed by atoms with van der Waals surface area (Å²) in [5, 5.41) is 5.61. The highest BCUT2D eigenvalue weighted by Crippen LogP contribution is 2.20. The van der Waals surface area contributed by atoms with E-state index in [1.165, 1.54) is 0 Å². The molecule has 0 spiro atoms. The van der Waals surface area contributed by atoms with Crippen molar-refractivity contribution in [2.45, 2.75) is 6.92 Å². The molecule has 0 aliphatic rings. The van der Waals surface area contributed by atoms with Gasteiger partial charge < -0.3 is 16.4 Å². The van der Waals surface area contributed by atoms with E-state index < -0.39 is 5.91 Å². The SMILES string of the molecule is Cc1nc(C(=O)Nc2ccc(NC(=O)c3ccccc3)cc2)c2c(N)nccn12. The van der Waals surface area contributed by atoms with E-state index in [2.05, 4.69) is 20.6 Å². The summed E-state index contributed by atoms with van der Waals surface area (Å²) in [7, 11) is 0. The van der Waals surface area contributed by atoms with Crippen molar-refractivity contribution in [3.05, 3.63) is 84.1 Å². The number of aryl methyl sites for hydroxylation is 1. The van der Waals surface area contributed by atoms with Gasteiger partial charge in [0, 0.05) is 29.3 Å². The van der Waals surface area contributed by atoms with Gasteiger partial charge in [-0.25, -0.2) is 9.97 Å². The summed E-state index contributed by atoms with van der Waals surface area (Å²) >= 11 is 0. The second-order valence-corrected chi connectivity index (χ2v) is 6.39. The molecule has 4 aromatic rings. The van der Waals surface area contributed by atoms with Crippen LogP contribution in [0.25, 0.3) is 5.52 Å². The standard InChI is InChI=1S/C21H18N6O2/c1-13-24-17(18-19(22)23-11-12-27(13)18)21(29)26-16-9-7-15(8-10-16)25-20(28)14-5-3-2-4-6-14/h2-12H,1H3,(H2,22,23)(H,25,28)(H,26,29). The number of hydrogen-bond donors (Lipinski definition) is 3. The first-order chi connectivity index (χ1) is 14.0. The van der Waals surface area contributed by atoms with Crippen LogP contribution in [0.2, 0.25) is 0 Å². The van der Waals surface area contributed by atoms with Crippen molar-refractivity contribution in [2.75, 3.05) is 16.4 Å². The number of carbonyl (C=O) groups excluding carboxylic acids is 2. The van der Waals surface area contributed by atoms with Crippen molar-refractivity contribution < 1.29 is 9.59 Å². The lowest BCUT2D eigenvalue weighted by atomic mass is 10.2. The number of nitrogen functional groups attached to an aromatic ring is 1. The molecule has 0 saturated carbocycles. The first kappa shape index (κ1) is 18.2. The van der Waals surface area contributed by atoms with Gasteiger partial charge >= 0.3 is 0 Å². The van der Waals surface area contributed by atoms with E-state index in [0.29, 0.717) is 28.3 Å². The minimum absolute atomic E-state index is 0.203. The van der Waals surface area contributed by atoms with Crippen LogP contribution < -0.4 is 16.4 Å². The highest BCUT2D eigenvalue weighted by atomic mass is 16.2. The van der Waals surface area contributed by atoms with E-state index in [4.69, 9.17) is 5.73 Å². The number of nitrogens with two attached hydrogens (primary N) is 1. The van der Waals surface area contributed by atoms with Crippen LogP contribution in [-0.2, 0) is 0 Å². The van der Waals surface area contributed by atoms with Crippen molar-refractivity contribution in [1.82, 2.24) is 14.4 Å². The summed E-state index contributed by atoms with van der Waals surface area (Å²) < 4.78 is 1.72. The molecule has 0 radical (unpaired) electrons. The van der Waals surface area contributed by atoms with Gasteiger partial charge in [-0.15, -0.1) is 0 Å². The maximum atomic E-state index is 12.7. The fourth-order valence-electron chi connectivity index (χ4n) is 2.99. The van der Waals surface area contributed by atoms with Crippen molar-refractivity contribution in [2.24, 2.45) is 0 Å².